The first-order valence-corrected chi connectivity index (χ1v) is 12.6. The topological polar surface area (TPSA) is 96.5 Å². The minimum absolute atomic E-state index is 0.0649. The summed E-state index contributed by atoms with van der Waals surface area (Å²) >= 11 is 0. The molecule has 8 heteroatoms. The molecule has 4 aliphatic carbocycles. The van der Waals surface area contributed by atoms with Gasteiger partial charge in [0.25, 0.3) is 5.91 Å². The molecule has 4 fully saturated rings. The van der Waals surface area contributed by atoms with Crippen molar-refractivity contribution in [2.24, 2.45) is 23.2 Å². The van der Waals surface area contributed by atoms with E-state index in [1.807, 2.05) is 0 Å². The first-order chi connectivity index (χ1) is 17.3. The van der Waals surface area contributed by atoms with E-state index in [1.54, 1.807) is 18.2 Å². The van der Waals surface area contributed by atoms with Crippen LogP contribution in [0.15, 0.2) is 42.5 Å². The van der Waals surface area contributed by atoms with Crippen LogP contribution in [-0.2, 0) is 9.59 Å². The lowest BCUT2D eigenvalue weighted by molar-refractivity contribution is -0.131. The molecule has 2 aromatic rings. The van der Waals surface area contributed by atoms with Crippen molar-refractivity contribution < 1.29 is 23.5 Å². The molecule has 0 saturated heterocycles. The van der Waals surface area contributed by atoms with Crippen molar-refractivity contribution in [1.29, 1.82) is 0 Å². The van der Waals surface area contributed by atoms with E-state index in [2.05, 4.69) is 16.0 Å². The van der Waals surface area contributed by atoms with E-state index in [0.717, 1.165) is 43.1 Å². The van der Waals surface area contributed by atoms with Crippen LogP contribution in [0.5, 0.6) is 5.75 Å². The molecule has 0 radical (unpaired) electrons. The third-order valence-electron chi connectivity index (χ3n) is 7.96. The van der Waals surface area contributed by atoms with Gasteiger partial charge in [0.05, 0.1) is 19.3 Å². The van der Waals surface area contributed by atoms with Gasteiger partial charge < -0.3 is 20.7 Å². The van der Waals surface area contributed by atoms with E-state index in [1.165, 1.54) is 44.6 Å². The number of carbonyl (C=O) groups is 3. The maximum Gasteiger partial charge on any atom is 0.255 e. The molecule has 36 heavy (non-hydrogen) atoms. The van der Waals surface area contributed by atoms with Gasteiger partial charge in [0.1, 0.15) is 11.6 Å². The second-order valence-corrected chi connectivity index (χ2v) is 10.8. The zero-order valence-electron chi connectivity index (χ0n) is 20.4. The highest BCUT2D eigenvalue weighted by molar-refractivity contribution is 6.05. The van der Waals surface area contributed by atoms with Gasteiger partial charge in [-0.3, -0.25) is 14.4 Å². The van der Waals surface area contributed by atoms with Crippen molar-refractivity contribution in [3.05, 3.63) is 53.8 Å². The molecule has 3 N–H and O–H groups in total. The van der Waals surface area contributed by atoms with Crippen LogP contribution >= 0.6 is 0 Å². The Bertz CT molecular complexity index is 1150. The van der Waals surface area contributed by atoms with E-state index >= 15 is 0 Å². The maximum atomic E-state index is 13.5. The lowest BCUT2D eigenvalue weighted by atomic mass is 9.49. The zero-order chi connectivity index (χ0) is 25.3. The van der Waals surface area contributed by atoms with Gasteiger partial charge in [0, 0.05) is 17.7 Å². The molecule has 4 saturated carbocycles. The summed E-state index contributed by atoms with van der Waals surface area (Å²) in [7, 11) is 1.46. The first-order valence-electron chi connectivity index (χ1n) is 12.6. The Morgan fingerprint density at radius 1 is 0.944 bits per heavy atom. The van der Waals surface area contributed by atoms with Gasteiger partial charge in [0.2, 0.25) is 11.8 Å². The molecule has 6 rings (SSSR count). The second kappa shape index (κ2) is 9.91. The molecule has 4 bridgehead atoms. The van der Waals surface area contributed by atoms with E-state index in [0.29, 0.717) is 23.5 Å². The summed E-state index contributed by atoms with van der Waals surface area (Å²) in [5.74, 6) is 1.27. The van der Waals surface area contributed by atoms with Crippen LogP contribution < -0.4 is 20.7 Å². The molecule has 2 aromatic carbocycles. The van der Waals surface area contributed by atoms with Crippen molar-refractivity contribution in [1.82, 2.24) is 5.32 Å². The summed E-state index contributed by atoms with van der Waals surface area (Å²) in [6, 6.07) is 10.2. The Kier molecular flexibility index (Phi) is 6.69. The molecule has 3 amide bonds. The highest BCUT2D eigenvalue weighted by atomic mass is 19.1. The summed E-state index contributed by atoms with van der Waals surface area (Å²) < 4.78 is 18.8. The number of halogens is 1. The highest BCUT2D eigenvalue weighted by Crippen LogP contribution is 2.61. The molecule has 0 aliphatic heterocycles. The summed E-state index contributed by atoms with van der Waals surface area (Å²) in [5, 5.41) is 8.23. The van der Waals surface area contributed by atoms with Crippen molar-refractivity contribution in [2.45, 2.75) is 44.9 Å². The van der Waals surface area contributed by atoms with Crippen LogP contribution in [0.25, 0.3) is 0 Å². The number of amides is 3. The van der Waals surface area contributed by atoms with E-state index in [4.69, 9.17) is 4.74 Å². The van der Waals surface area contributed by atoms with Crippen LogP contribution in [0.4, 0.5) is 15.8 Å². The molecule has 0 atom stereocenters. The fourth-order valence-electron chi connectivity index (χ4n) is 7.00. The van der Waals surface area contributed by atoms with Crippen molar-refractivity contribution in [3.63, 3.8) is 0 Å². The summed E-state index contributed by atoms with van der Waals surface area (Å²) in [4.78, 5) is 37.8. The molecule has 4 aliphatic rings. The lowest BCUT2D eigenvalue weighted by Crippen LogP contribution is -2.48. The SMILES string of the molecule is COc1ccc(NC(=O)CNC(=O)CC23CC4CC(CC(C4)C2)C3)cc1NC(=O)c1cccc(F)c1. The average Bonchev–Trinajstić information content (AvgIpc) is 2.82. The predicted octanol–water partition coefficient (Wildman–Crippen LogP) is 4.75. The normalized spacial score (nSPS) is 25.8. The van der Waals surface area contributed by atoms with Gasteiger partial charge in [-0.05, 0) is 98.1 Å². The standard InChI is InChI=1S/C28H32FN3O4/c1-36-24-6-5-22(11-23(24)32-27(35)20-3-2-4-21(29)10-20)31-26(34)16-30-25(33)15-28-12-17-7-18(13-28)9-19(8-17)14-28/h2-6,10-11,17-19H,7-9,12-16H2,1H3,(H,30,33)(H,31,34)(H,32,35). The number of rotatable bonds is 8. The number of methoxy groups -OCH3 is 1. The minimum atomic E-state index is -0.513. The Hall–Kier alpha value is -3.42. The summed E-state index contributed by atoms with van der Waals surface area (Å²) in [6.07, 6.45) is 7.93. The fraction of sp³-hybridized carbons (Fsp3) is 0.464. The molecular formula is C28H32FN3O4. The minimum Gasteiger partial charge on any atom is -0.495 e. The van der Waals surface area contributed by atoms with Gasteiger partial charge in [-0.2, -0.15) is 0 Å². The number of hydrogen-bond donors (Lipinski definition) is 3. The molecule has 7 nitrogen and oxygen atoms in total. The largest absolute Gasteiger partial charge is 0.495 e. The van der Waals surface area contributed by atoms with E-state index in [9.17, 15) is 18.8 Å². The van der Waals surface area contributed by atoms with Crippen LogP contribution in [0.2, 0.25) is 0 Å². The molecule has 0 spiro atoms. The van der Waals surface area contributed by atoms with E-state index < -0.39 is 11.7 Å². The zero-order valence-corrected chi connectivity index (χ0v) is 20.4. The maximum absolute atomic E-state index is 13.5. The third-order valence-corrected chi connectivity index (χ3v) is 7.96. The number of carbonyl (C=O) groups excluding carboxylic acids is 3. The molecule has 190 valence electrons. The van der Waals surface area contributed by atoms with E-state index in [-0.39, 0.29) is 29.3 Å². The lowest BCUT2D eigenvalue weighted by Gasteiger charge is -2.56. The molecule has 0 heterocycles. The van der Waals surface area contributed by atoms with Crippen LogP contribution in [-0.4, -0.2) is 31.4 Å². The molecule has 0 unspecified atom stereocenters. The van der Waals surface area contributed by atoms with Gasteiger partial charge in [-0.1, -0.05) is 6.07 Å². The number of benzene rings is 2. The van der Waals surface area contributed by atoms with Crippen molar-refractivity contribution in [2.75, 3.05) is 24.3 Å². The smallest absolute Gasteiger partial charge is 0.255 e. The Balaban J connectivity index is 1.16. The van der Waals surface area contributed by atoms with Crippen LogP contribution in [0, 0.1) is 29.0 Å². The fourth-order valence-corrected chi connectivity index (χ4v) is 7.00. The number of hydrogen-bond acceptors (Lipinski definition) is 4. The summed E-state index contributed by atoms with van der Waals surface area (Å²) in [6.45, 7) is -0.123. The van der Waals surface area contributed by atoms with Crippen molar-refractivity contribution >= 4 is 29.1 Å². The van der Waals surface area contributed by atoms with Gasteiger partial charge in [-0.25, -0.2) is 4.39 Å². The number of anilines is 2. The molecular weight excluding hydrogens is 461 g/mol. The molecule has 0 aromatic heterocycles. The quantitative estimate of drug-likeness (QED) is 0.495. The monoisotopic (exact) mass is 493 g/mol. The average molecular weight is 494 g/mol. The van der Waals surface area contributed by atoms with Gasteiger partial charge in [-0.15, -0.1) is 0 Å². The van der Waals surface area contributed by atoms with Gasteiger partial charge >= 0.3 is 0 Å². The Labute approximate surface area is 210 Å². The predicted molar refractivity (Wildman–Crippen MR) is 134 cm³/mol. The second-order valence-electron chi connectivity index (χ2n) is 10.8. The number of nitrogens with one attached hydrogen (secondary N) is 3. The Morgan fingerprint density at radius 3 is 2.28 bits per heavy atom. The third kappa shape index (κ3) is 5.37. The van der Waals surface area contributed by atoms with Crippen LogP contribution in [0.1, 0.15) is 55.3 Å². The van der Waals surface area contributed by atoms with Gasteiger partial charge in [0.15, 0.2) is 0 Å². The first kappa shape index (κ1) is 24.3. The number of ether oxygens (including phenoxy) is 1. The highest BCUT2D eigenvalue weighted by Gasteiger charge is 2.51. The van der Waals surface area contributed by atoms with Crippen LogP contribution in [0.3, 0.4) is 0 Å². The Morgan fingerprint density at radius 2 is 1.64 bits per heavy atom. The summed E-state index contributed by atoms with van der Waals surface area (Å²) in [5.41, 5.74) is 1.05. The van der Waals surface area contributed by atoms with Crippen molar-refractivity contribution in [3.8, 4) is 5.75 Å².